The van der Waals surface area contributed by atoms with Gasteiger partial charge in [0.05, 0.1) is 10.0 Å². The zero-order valence-corrected chi connectivity index (χ0v) is 20.0. The van der Waals surface area contributed by atoms with Crippen molar-refractivity contribution in [2.45, 2.75) is 46.7 Å². The molecular weight excluding hydrogens is 435 g/mol. The van der Waals surface area contributed by atoms with Crippen LogP contribution in [0.5, 0.6) is 5.75 Å². The predicted molar refractivity (Wildman–Crippen MR) is 126 cm³/mol. The number of carbonyl (C=O) groups excluding carboxylic acids is 2. The van der Waals surface area contributed by atoms with Crippen molar-refractivity contribution in [1.29, 1.82) is 0 Å². The van der Waals surface area contributed by atoms with Gasteiger partial charge in [-0.25, -0.2) is 0 Å². The van der Waals surface area contributed by atoms with Crippen molar-refractivity contribution in [2.24, 2.45) is 5.92 Å². The van der Waals surface area contributed by atoms with Gasteiger partial charge in [-0.05, 0) is 54.7 Å². The second kappa shape index (κ2) is 12.0. The smallest absolute Gasteiger partial charge is 0.261 e. The van der Waals surface area contributed by atoms with Crippen LogP contribution in [0.4, 0.5) is 0 Å². The number of aryl methyl sites for hydroxylation is 1. The van der Waals surface area contributed by atoms with E-state index in [1.807, 2.05) is 38.1 Å². The summed E-state index contributed by atoms with van der Waals surface area (Å²) in [5, 5.41) is 3.72. The maximum absolute atomic E-state index is 13.0. The molecular formula is C24H30Cl2N2O3. The minimum absolute atomic E-state index is 0.172. The fourth-order valence-corrected chi connectivity index (χ4v) is 3.24. The Kier molecular flexibility index (Phi) is 9.66. The molecule has 0 heterocycles. The Morgan fingerprint density at radius 2 is 1.65 bits per heavy atom. The van der Waals surface area contributed by atoms with Crippen LogP contribution in [0, 0.1) is 5.92 Å². The first-order valence-electron chi connectivity index (χ1n) is 10.4. The molecule has 0 saturated carbocycles. The zero-order valence-electron chi connectivity index (χ0n) is 18.5. The largest absolute Gasteiger partial charge is 0.484 e. The molecule has 0 bridgehead atoms. The van der Waals surface area contributed by atoms with Gasteiger partial charge in [-0.2, -0.15) is 0 Å². The van der Waals surface area contributed by atoms with Crippen molar-refractivity contribution in [3.63, 3.8) is 0 Å². The van der Waals surface area contributed by atoms with Crippen LogP contribution in [0.15, 0.2) is 42.5 Å². The summed E-state index contributed by atoms with van der Waals surface area (Å²) in [7, 11) is 0. The van der Waals surface area contributed by atoms with Crippen LogP contribution in [0.3, 0.4) is 0 Å². The molecule has 2 aromatic carbocycles. The number of benzene rings is 2. The molecule has 5 nitrogen and oxygen atoms in total. The maximum atomic E-state index is 13.0. The molecule has 2 aromatic rings. The fourth-order valence-electron chi connectivity index (χ4n) is 2.92. The molecule has 0 radical (unpaired) electrons. The highest BCUT2D eigenvalue weighted by Crippen LogP contribution is 2.24. The van der Waals surface area contributed by atoms with Gasteiger partial charge in [-0.1, -0.05) is 62.2 Å². The number of hydrogen-bond acceptors (Lipinski definition) is 3. The van der Waals surface area contributed by atoms with Gasteiger partial charge in [-0.15, -0.1) is 0 Å². The van der Waals surface area contributed by atoms with E-state index >= 15 is 0 Å². The molecule has 1 unspecified atom stereocenters. The number of rotatable bonds is 10. The molecule has 0 aliphatic carbocycles. The van der Waals surface area contributed by atoms with Crippen molar-refractivity contribution < 1.29 is 14.3 Å². The molecule has 0 saturated heterocycles. The minimum Gasteiger partial charge on any atom is -0.484 e. The highest BCUT2D eigenvalue weighted by atomic mass is 35.5. The maximum Gasteiger partial charge on any atom is 0.261 e. The van der Waals surface area contributed by atoms with E-state index < -0.39 is 6.04 Å². The topological polar surface area (TPSA) is 58.6 Å². The van der Waals surface area contributed by atoms with Gasteiger partial charge in [0, 0.05) is 13.1 Å². The lowest BCUT2D eigenvalue weighted by Gasteiger charge is -2.29. The molecule has 0 spiro atoms. The standard InChI is InChI=1S/C24H30Cl2N2O3/c1-5-18-6-9-20(10-7-18)31-15-23(29)28(17(4)24(30)27-13-16(2)3)14-19-8-11-21(25)22(26)12-19/h6-12,16-17H,5,13-15H2,1-4H3,(H,27,30). The van der Waals surface area contributed by atoms with Crippen molar-refractivity contribution in [3.05, 3.63) is 63.6 Å². The summed E-state index contributed by atoms with van der Waals surface area (Å²) in [4.78, 5) is 27.2. The Balaban J connectivity index is 2.14. The van der Waals surface area contributed by atoms with Crippen molar-refractivity contribution in [2.75, 3.05) is 13.2 Å². The van der Waals surface area contributed by atoms with Gasteiger partial charge in [0.2, 0.25) is 5.91 Å². The Bertz CT molecular complexity index is 885. The lowest BCUT2D eigenvalue weighted by molar-refractivity contribution is -0.142. The third-order valence-corrected chi connectivity index (χ3v) is 5.62. The van der Waals surface area contributed by atoms with E-state index in [9.17, 15) is 9.59 Å². The lowest BCUT2D eigenvalue weighted by Crippen LogP contribution is -2.49. The molecule has 0 aliphatic heterocycles. The predicted octanol–water partition coefficient (Wildman–Crippen LogP) is 5.12. The Hall–Kier alpha value is -2.24. The number of amides is 2. The number of carbonyl (C=O) groups is 2. The third-order valence-electron chi connectivity index (χ3n) is 4.88. The van der Waals surface area contributed by atoms with Crippen LogP contribution < -0.4 is 10.1 Å². The zero-order chi connectivity index (χ0) is 23.0. The average molecular weight is 465 g/mol. The van der Waals surface area contributed by atoms with Gasteiger partial charge >= 0.3 is 0 Å². The number of hydrogen-bond donors (Lipinski definition) is 1. The Morgan fingerprint density at radius 3 is 2.23 bits per heavy atom. The van der Waals surface area contributed by atoms with E-state index in [4.69, 9.17) is 27.9 Å². The summed E-state index contributed by atoms with van der Waals surface area (Å²) in [5.74, 6) is 0.411. The summed E-state index contributed by atoms with van der Waals surface area (Å²) in [6.07, 6.45) is 0.930. The molecule has 31 heavy (non-hydrogen) atoms. The van der Waals surface area contributed by atoms with Gasteiger partial charge in [-0.3, -0.25) is 9.59 Å². The number of ether oxygens (including phenoxy) is 1. The number of nitrogens with one attached hydrogen (secondary N) is 1. The lowest BCUT2D eigenvalue weighted by atomic mass is 10.1. The number of halogens is 2. The first-order valence-corrected chi connectivity index (χ1v) is 11.2. The van der Waals surface area contributed by atoms with Crippen molar-refractivity contribution in [3.8, 4) is 5.75 Å². The highest BCUT2D eigenvalue weighted by Gasteiger charge is 2.26. The van der Waals surface area contributed by atoms with Crippen LogP contribution in [0.2, 0.25) is 10.0 Å². The quantitative estimate of drug-likeness (QED) is 0.530. The second-order valence-corrected chi connectivity index (χ2v) is 8.69. The SMILES string of the molecule is CCc1ccc(OCC(=O)N(Cc2ccc(Cl)c(Cl)c2)C(C)C(=O)NCC(C)C)cc1. The van der Waals surface area contributed by atoms with Gasteiger partial charge in [0.15, 0.2) is 6.61 Å². The van der Waals surface area contributed by atoms with Gasteiger partial charge in [0.25, 0.3) is 5.91 Å². The summed E-state index contributed by atoms with van der Waals surface area (Å²) in [6.45, 7) is 8.40. The fraction of sp³-hybridized carbons (Fsp3) is 0.417. The van der Waals surface area contributed by atoms with E-state index in [0.29, 0.717) is 28.3 Å². The first-order chi connectivity index (χ1) is 14.7. The van der Waals surface area contributed by atoms with Crippen LogP contribution in [0.1, 0.15) is 38.8 Å². The van der Waals surface area contributed by atoms with Crippen molar-refractivity contribution >= 4 is 35.0 Å². The average Bonchev–Trinajstić information content (AvgIpc) is 2.76. The normalized spacial score (nSPS) is 11.8. The van der Waals surface area contributed by atoms with Crippen LogP contribution in [-0.4, -0.2) is 35.9 Å². The van der Waals surface area contributed by atoms with Crippen LogP contribution in [-0.2, 0) is 22.6 Å². The summed E-state index contributed by atoms with van der Waals surface area (Å²) < 4.78 is 5.69. The first kappa shape index (κ1) is 25.0. The van der Waals surface area contributed by atoms with Gasteiger partial charge < -0.3 is 15.0 Å². The van der Waals surface area contributed by atoms with E-state index in [2.05, 4.69) is 12.2 Å². The van der Waals surface area contributed by atoms with E-state index in [0.717, 1.165) is 12.0 Å². The molecule has 7 heteroatoms. The van der Waals surface area contributed by atoms with E-state index in [-0.39, 0.29) is 25.0 Å². The summed E-state index contributed by atoms with van der Waals surface area (Å²) in [6, 6.07) is 12.1. The van der Waals surface area contributed by atoms with Gasteiger partial charge in [0.1, 0.15) is 11.8 Å². The van der Waals surface area contributed by atoms with Crippen LogP contribution in [0.25, 0.3) is 0 Å². The monoisotopic (exact) mass is 464 g/mol. The molecule has 2 rings (SSSR count). The summed E-state index contributed by atoms with van der Waals surface area (Å²) in [5.41, 5.74) is 1.97. The molecule has 0 aromatic heterocycles. The molecule has 0 aliphatic rings. The number of nitrogens with zero attached hydrogens (tertiary/aromatic N) is 1. The summed E-state index contributed by atoms with van der Waals surface area (Å²) >= 11 is 12.1. The van der Waals surface area contributed by atoms with Crippen molar-refractivity contribution in [1.82, 2.24) is 10.2 Å². The Labute approximate surface area is 194 Å². The van der Waals surface area contributed by atoms with Crippen LogP contribution >= 0.6 is 23.2 Å². The Morgan fingerprint density at radius 1 is 1.00 bits per heavy atom. The molecule has 1 N–H and O–H groups in total. The molecule has 168 valence electrons. The third kappa shape index (κ3) is 7.75. The molecule has 0 fully saturated rings. The molecule has 1 atom stereocenters. The molecule has 2 amide bonds. The van der Waals surface area contributed by atoms with E-state index in [1.165, 1.54) is 10.5 Å². The minimum atomic E-state index is -0.674. The highest BCUT2D eigenvalue weighted by molar-refractivity contribution is 6.42. The van der Waals surface area contributed by atoms with E-state index in [1.54, 1.807) is 25.1 Å². The second-order valence-electron chi connectivity index (χ2n) is 7.87.